The van der Waals surface area contributed by atoms with Crippen molar-refractivity contribution in [1.29, 1.82) is 0 Å². The van der Waals surface area contributed by atoms with E-state index in [4.69, 9.17) is 18.9 Å². The molecule has 30 heavy (non-hydrogen) atoms. The first-order valence-corrected chi connectivity index (χ1v) is 10.2. The zero-order valence-corrected chi connectivity index (χ0v) is 16.9. The monoisotopic (exact) mass is 424 g/mol. The van der Waals surface area contributed by atoms with Gasteiger partial charge >= 0.3 is 17.9 Å². The van der Waals surface area contributed by atoms with Gasteiger partial charge in [0.05, 0.1) is 16.7 Å². The Hall–Kier alpha value is -1.75. The van der Waals surface area contributed by atoms with E-state index >= 15 is 0 Å². The number of esters is 3. The fraction of sp³-hybridized carbons (Fsp3) is 0.850. The summed E-state index contributed by atoms with van der Waals surface area (Å²) in [6.07, 6.45) is -6.91. The van der Waals surface area contributed by atoms with Crippen molar-refractivity contribution in [2.75, 3.05) is 0 Å². The van der Waals surface area contributed by atoms with Gasteiger partial charge in [-0.2, -0.15) is 0 Å². The molecule has 2 aliphatic carbocycles. The fourth-order valence-corrected chi connectivity index (χ4v) is 8.12. The Bertz CT molecular complexity index is 925. The average Bonchev–Trinajstić information content (AvgIpc) is 3.35. The van der Waals surface area contributed by atoms with E-state index in [1.54, 1.807) is 0 Å². The highest BCUT2D eigenvalue weighted by Gasteiger charge is 3.03. The molecule has 0 aromatic carbocycles. The van der Waals surface area contributed by atoms with Crippen LogP contribution >= 0.6 is 0 Å². The predicted octanol–water partition coefficient (Wildman–Crippen LogP) is -1.37. The summed E-state index contributed by atoms with van der Waals surface area (Å²) in [5, 5.41) is 34.7. The van der Waals surface area contributed by atoms with Crippen LogP contribution in [0.3, 0.4) is 0 Å². The minimum Gasteiger partial charge on any atom is -0.459 e. The van der Waals surface area contributed by atoms with Crippen LogP contribution in [0.1, 0.15) is 34.1 Å². The third kappa shape index (κ3) is 1.33. The largest absolute Gasteiger partial charge is 0.459 e. The second-order valence-electron chi connectivity index (χ2n) is 10.7. The quantitative estimate of drug-likeness (QED) is 0.314. The Balaban J connectivity index is 1.72. The number of aliphatic hydroxyl groups is 3. The van der Waals surface area contributed by atoms with Gasteiger partial charge in [-0.15, -0.1) is 0 Å². The number of aliphatic hydroxyl groups excluding tert-OH is 2. The van der Waals surface area contributed by atoms with Crippen LogP contribution in [0, 0.1) is 28.1 Å². The lowest BCUT2D eigenvalue weighted by Crippen LogP contribution is -2.67. The van der Waals surface area contributed by atoms with Crippen molar-refractivity contribution < 1.29 is 48.7 Å². The predicted molar refractivity (Wildman–Crippen MR) is 92.0 cm³/mol. The molecule has 10 nitrogen and oxygen atoms in total. The molecule has 2 saturated carbocycles. The second kappa shape index (κ2) is 4.69. The Morgan fingerprint density at radius 1 is 1.03 bits per heavy atom. The smallest absolute Gasteiger partial charge is 0.343 e. The molecular formula is C20H24O10. The first-order valence-electron chi connectivity index (χ1n) is 10.2. The van der Waals surface area contributed by atoms with Crippen molar-refractivity contribution in [2.24, 2.45) is 28.1 Å². The van der Waals surface area contributed by atoms with Gasteiger partial charge in [0.15, 0.2) is 17.8 Å². The third-order valence-corrected chi connectivity index (χ3v) is 9.00. The van der Waals surface area contributed by atoms with Crippen molar-refractivity contribution in [3.05, 3.63) is 0 Å². The summed E-state index contributed by atoms with van der Waals surface area (Å²) in [6.45, 7) is 7.14. The molecule has 11 atom stereocenters. The summed E-state index contributed by atoms with van der Waals surface area (Å²) in [5.41, 5.74) is -8.26. The molecule has 2 spiro atoms. The normalized spacial score (nSPS) is 60.1. The molecule has 6 rings (SSSR count). The first kappa shape index (κ1) is 19.0. The van der Waals surface area contributed by atoms with Crippen molar-refractivity contribution in [1.82, 2.24) is 0 Å². The molecule has 0 aromatic heterocycles. The molecule has 6 fully saturated rings. The lowest BCUT2D eigenvalue weighted by atomic mass is 9.51. The molecule has 4 heterocycles. The van der Waals surface area contributed by atoms with Gasteiger partial charge in [0.25, 0.3) is 0 Å². The third-order valence-electron chi connectivity index (χ3n) is 9.00. The summed E-state index contributed by atoms with van der Waals surface area (Å²) >= 11 is 0. The summed E-state index contributed by atoms with van der Waals surface area (Å²) < 4.78 is 22.5. The highest BCUT2D eigenvalue weighted by atomic mass is 16.8. The molecule has 6 aliphatic rings. The van der Waals surface area contributed by atoms with Gasteiger partial charge in [-0.05, 0) is 24.7 Å². The average molecular weight is 424 g/mol. The summed E-state index contributed by atoms with van der Waals surface area (Å²) in [6, 6.07) is 0. The van der Waals surface area contributed by atoms with E-state index in [-0.39, 0.29) is 6.42 Å². The molecule has 0 amide bonds. The SMILES string of the molecule is C[C@@H]1C(=O)O[C@H]2C(O)C34[C@H]5CC(C(C)(C)C)C36C(O)C(=O)O[C@H]6O[C@@]4(C(=O)O5)[C@@]12O. The number of hydrogen-bond donors (Lipinski definition) is 3. The number of ether oxygens (including phenoxy) is 4. The zero-order chi connectivity index (χ0) is 21.8. The van der Waals surface area contributed by atoms with E-state index in [1.165, 1.54) is 6.92 Å². The molecule has 4 aliphatic heterocycles. The summed E-state index contributed by atoms with van der Waals surface area (Å²) in [4.78, 5) is 38.2. The van der Waals surface area contributed by atoms with E-state index < -0.39 is 87.9 Å². The molecule has 4 saturated heterocycles. The fourth-order valence-electron chi connectivity index (χ4n) is 8.12. The Morgan fingerprint density at radius 2 is 1.70 bits per heavy atom. The lowest BCUT2D eigenvalue weighted by Gasteiger charge is -2.47. The number of rotatable bonds is 0. The molecular weight excluding hydrogens is 400 g/mol. The van der Waals surface area contributed by atoms with E-state index in [9.17, 15) is 29.7 Å². The summed E-state index contributed by atoms with van der Waals surface area (Å²) in [5.74, 6) is -4.32. The highest BCUT2D eigenvalue weighted by Crippen LogP contribution is 2.84. The maximum absolute atomic E-state index is 13.4. The minimum atomic E-state index is -2.24. The van der Waals surface area contributed by atoms with Crippen molar-refractivity contribution in [2.45, 2.75) is 76.0 Å². The molecule has 0 radical (unpaired) electrons. The van der Waals surface area contributed by atoms with E-state index in [0.717, 1.165) is 0 Å². The van der Waals surface area contributed by atoms with Gasteiger partial charge in [-0.1, -0.05) is 20.8 Å². The number of hydrogen-bond acceptors (Lipinski definition) is 10. The van der Waals surface area contributed by atoms with Crippen LogP contribution in [-0.2, 0) is 33.3 Å². The van der Waals surface area contributed by atoms with Crippen molar-refractivity contribution in [3.63, 3.8) is 0 Å². The van der Waals surface area contributed by atoms with Crippen LogP contribution in [0.2, 0.25) is 0 Å². The van der Waals surface area contributed by atoms with Crippen molar-refractivity contribution in [3.8, 4) is 0 Å². The highest BCUT2D eigenvalue weighted by molar-refractivity contribution is 5.94. The minimum absolute atomic E-state index is 0.229. The number of carbonyl (C=O) groups excluding carboxylic acids is 3. The standard InChI is InChI=1S/C20H24O10/c1-6-12(23)28-11-9(21)18-8-5-7(16(2,3)4)17(18)10(22)13(24)29-15(17)30-20(18,14(25)27-8)19(6,11)26/h6-11,15,21-22,26H,5H2,1-4H3/t6-,7?,8-,9?,10?,11+,15+,17?,18?,19-,20-/m1/s1. The van der Waals surface area contributed by atoms with Crippen molar-refractivity contribution >= 4 is 17.9 Å². The number of fused-ring (bicyclic) bond motifs is 1. The van der Waals surface area contributed by atoms with E-state index in [2.05, 4.69) is 0 Å². The second-order valence-corrected chi connectivity index (χ2v) is 10.7. The maximum atomic E-state index is 13.4. The van der Waals surface area contributed by atoms with Gasteiger partial charge in [-0.3, -0.25) is 4.79 Å². The Kier molecular flexibility index (Phi) is 2.97. The lowest BCUT2D eigenvalue weighted by molar-refractivity contribution is -0.239. The molecule has 0 aromatic rings. The molecule has 164 valence electrons. The van der Waals surface area contributed by atoms with E-state index in [0.29, 0.717) is 0 Å². The summed E-state index contributed by atoms with van der Waals surface area (Å²) in [7, 11) is 0. The molecule has 10 heteroatoms. The van der Waals surface area contributed by atoms with Crippen LogP contribution < -0.4 is 0 Å². The van der Waals surface area contributed by atoms with Crippen LogP contribution in [-0.4, -0.2) is 75.1 Å². The molecule has 0 bridgehead atoms. The zero-order valence-electron chi connectivity index (χ0n) is 16.9. The maximum Gasteiger partial charge on any atom is 0.343 e. The van der Waals surface area contributed by atoms with Crippen LogP contribution in [0.25, 0.3) is 0 Å². The van der Waals surface area contributed by atoms with E-state index in [1.807, 2.05) is 20.8 Å². The van der Waals surface area contributed by atoms with Gasteiger partial charge in [-0.25, -0.2) is 9.59 Å². The molecule has 3 N–H and O–H groups in total. The number of carbonyl (C=O) groups is 3. The van der Waals surface area contributed by atoms with Crippen LogP contribution in [0.4, 0.5) is 0 Å². The topological polar surface area (TPSA) is 149 Å². The van der Waals surface area contributed by atoms with Gasteiger partial charge in [0.1, 0.15) is 12.2 Å². The van der Waals surface area contributed by atoms with Gasteiger partial charge in [0.2, 0.25) is 11.9 Å². The van der Waals surface area contributed by atoms with Gasteiger partial charge < -0.3 is 34.3 Å². The van der Waals surface area contributed by atoms with Crippen LogP contribution in [0.5, 0.6) is 0 Å². The van der Waals surface area contributed by atoms with Crippen LogP contribution in [0.15, 0.2) is 0 Å². The Morgan fingerprint density at radius 3 is 2.33 bits per heavy atom. The van der Waals surface area contributed by atoms with Gasteiger partial charge in [0, 0.05) is 0 Å². The molecule has 5 unspecified atom stereocenters. The first-order chi connectivity index (χ1) is 13.8. The Labute approximate surface area is 171 Å².